The first-order valence-electron chi connectivity index (χ1n) is 15.2. The third-order valence-corrected chi connectivity index (χ3v) is 9.80. The zero-order valence-corrected chi connectivity index (χ0v) is 24.2. The normalized spacial score (nSPS) is 21.1. The molecular weight excluding hydrogens is 561 g/mol. The van der Waals surface area contributed by atoms with E-state index in [9.17, 15) is 14.3 Å². The van der Waals surface area contributed by atoms with Gasteiger partial charge < -0.3 is 20.5 Å². The molecule has 2 aromatic carbocycles. The molecule has 1 unspecified atom stereocenters. The Kier molecular flexibility index (Phi) is 6.41. The van der Waals surface area contributed by atoms with Crippen molar-refractivity contribution in [3.05, 3.63) is 63.5 Å². The van der Waals surface area contributed by atoms with Crippen LogP contribution in [0.5, 0.6) is 11.8 Å². The quantitative estimate of drug-likeness (QED) is 0.300. The van der Waals surface area contributed by atoms with Crippen molar-refractivity contribution < 1.29 is 14.2 Å². The number of ether oxygens (including phenoxy) is 1. The fraction of sp³-hybridized carbons (Fsp3) is 0.394. The molecule has 0 spiro atoms. The van der Waals surface area contributed by atoms with E-state index in [0.29, 0.717) is 28.5 Å². The number of nitrogens with zero attached hydrogens (tertiary/aromatic N) is 5. The van der Waals surface area contributed by atoms with Crippen LogP contribution in [0.15, 0.2) is 40.8 Å². The minimum Gasteiger partial charge on any atom is -0.508 e. The van der Waals surface area contributed by atoms with E-state index in [-0.39, 0.29) is 40.1 Å². The van der Waals surface area contributed by atoms with Crippen molar-refractivity contribution in [1.82, 2.24) is 35.3 Å². The number of terminal acetylenes is 1. The molecule has 9 rings (SSSR count). The topological polar surface area (TPSA) is 117 Å². The first-order valence-corrected chi connectivity index (χ1v) is 15.2. The van der Waals surface area contributed by atoms with Crippen LogP contribution in [0.4, 0.5) is 4.39 Å². The molecule has 224 valence electrons. The third kappa shape index (κ3) is 4.28. The average molecular weight is 594 g/mol. The van der Waals surface area contributed by atoms with Crippen LogP contribution in [0.2, 0.25) is 0 Å². The summed E-state index contributed by atoms with van der Waals surface area (Å²) in [5.74, 6) is 1.69. The summed E-state index contributed by atoms with van der Waals surface area (Å²) in [6.07, 6.45) is 12.4. The monoisotopic (exact) mass is 593 g/mol. The lowest BCUT2D eigenvalue weighted by Crippen LogP contribution is -2.43. The van der Waals surface area contributed by atoms with Crippen LogP contribution in [0, 0.1) is 18.2 Å². The minimum absolute atomic E-state index is 0.0166. The van der Waals surface area contributed by atoms with Crippen molar-refractivity contribution >= 4 is 27.2 Å². The van der Waals surface area contributed by atoms with E-state index in [1.807, 2.05) is 0 Å². The summed E-state index contributed by atoms with van der Waals surface area (Å²) in [5, 5.41) is 23.4. The van der Waals surface area contributed by atoms with E-state index in [4.69, 9.17) is 16.1 Å². The molecule has 0 radical (unpaired) electrons. The van der Waals surface area contributed by atoms with Crippen LogP contribution < -0.4 is 20.9 Å². The van der Waals surface area contributed by atoms with Gasteiger partial charge in [-0.1, -0.05) is 12.0 Å². The number of hydrogen-bond donors (Lipinski definition) is 3. The average Bonchev–Trinajstić information content (AvgIpc) is 3.45. The third-order valence-electron chi connectivity index (χ3n) is 9.80. The number of halogens is 1. The van der Waals surface area contributed by atoms with Crippen molar-refractivity contribution in [3.8, 4) is 29.8 Å². The maximum atomic E-state index is 14.8. The van der Waals surface area contributed by atoms with E-state index in [0.717, 1.165) is 75.1 Å². The molecule has 5 aliphatic rings. The van der Waals surface area contributed by atoms with Crippen molar-refractivity contribution in [2.45, 2.75) is 43.7 Å². The molecule has 4 aromatic rings. The van der Waals surface area contributed by atoms with Crippen molar-refractivity contribution in [2.75, 3.05) is 39.3 Å². The van der Waals surface area contributed by atoms with Gasteiger partial charge in [-0.05, 0) is 73.9 Å². The molecular formula is C33H32FN7O3. The van der Waals surface area contributed by atoms with Crippen LogP contribution in [0.25, 0.3) is 32.9 Å². The number of benzene rings is 2. The second kappa shape index (κ2) is 10.4. The zero-order valence-electron chi connectivity index (χ0n) is 24.2. The molecule has 10 nitrogen and oxygen atoms in total. The highest BCUT2D eigenvalue weighted by molar-refractivity contribution is 5.97. The van der Waals surface area contributed by atoms with Crippen LogP contribution in [-0.2, 0) is 0 Å². The van der Waals surface area contributed by atoms with Gasteiger partial charge in [0.25, 0.3) is 5.56 Å². The lowest BCUT2D eigenvalue weighted by molar-refractivity contribution is 0.107. The fourth-order valence-electron chi connectivity index (χ4n) is 7.65. The van der Waals surface area contributed by atoms with E-state index >= 15 is 0 Å². The van der Waals surface area contributed by atoms with Gasteiger partial charge in [0.05, 0.1) is 34.1 Å². The van der Waals surface area contributed by atoms with Gasteiger partial charge in [-0.25, -0.2) is 4.39 Å². The summed E-state index contributed by atoms with van der Waals surface area (Å²) < 4.78 is 22.3. The number of fused-ring (bicyclic) bond motifs is 7. The molecule has 44 heavy (non-hydrogen) atoms. The summed E-state index contributed by atoms with van der Waals surface area (Å²) in [7, 11) is 0. The highest BCUT2D eigenvalue weighted by Crippen LogP contribution is 2.39. The molecule has 3 fully saturated rings. The van der Waals surface area contributed by atoms with Crippen molar-refractivity contribution in [2.24, 2.45) is 0 Å². The first-order chi connectivity index (χ1) is 21.4. The number of nitrogens with one attached hydrogen (secondary N) is 2. The molecule has 2 aromatic heterocycles. The summed E-state index contributed by atoms with van der Waals surface area (Å²) in [4.78, 5) is 26.4. The van der Waals surface area contributed by atoms with Crippen LogP contribution in [0.1, 0.15) is 43.4 Å². The fourth-order valence-corrected chi connectivity index (χ4v) is 7.65. The summed E-state index contributed by atoms with van der Waals surface area (Å²) in [6, 6.07) is 5.99. The molecule has 11 heteroatoms. The molecule has 0 aliphatic carbocycles. The molecule has 5 aliphatic heterocycles. The Bertz CT molecular complexity index is 1970. The molecule has 3 saturated heterocycles. The Labute approximate surface area is 252 Å². The summed E-state index contributed by atoms with van der Waals surface area (Å²) >= 11 is 0. The van der Waals surface area contributed by atoms with E-state index in [2.05, 4.69) is 31.5 Å². The van der Waals surface area contributed by atoms with Crippen LogP contribution in [0.3, 0.4) is 0 Å². The van der Waals surface area contributed by atoms with Crippen LogP contribution >= 0.6 is 0 Å². The molecule has 0 amide bonds. The Balaban J connectivity index is 1.32. The number of rotatable bonds is 5. The Morgan fingerprint density at radius 1 is 1.18 bits per heavy atom. The maximum absolute atomic E-state index is 14.8. The predicted molar refractivity (Wildman–Crippen MR) is 164 cm³/mol. The maximum Gasteiger partial charge on any atom is 0.317 e. The van der Waals surface area contributed by atoms with Crippen LogP contribution in [-0.4, -0.2) is 80.7 Å². The van der Waals surface area contributed by atoms with Gasteiger partial charge >= 0.3 is 6.01 Å². The Morgan fingerprint density at radius 3 is 2.84 bits per heavy atom. The number of aromatic nitrogens is 4. The molecule has 0 saturated carbocycles. The molecule has 2 bridgehead atoms. The van der Waals surface area contributed by atoms with E-state index < -0.39 is 11.4 Å². The minimum atomic E-state index is -0.604. The van der Waals surface area contributed by atoms with E-state index in [1.165, 1.54) is 29.8 Å². The Hall–Kier alpha value is -4.37. The lowest BCUT2D eigenvalue weighted by Gasteiger charge is -2.31. The first kappa shape index (κ1) is 27.2. The number of hydrogen-bond acceptors (Lipinski definition) is 9. The number of aromatic hydroxyl groups is 1. The SMILES string of the molecule is C#Cc1c(F)ccc2cc(O)cc(-n3ncc4c(C5=C6CNCC(C5)NC6)nc(OCC56CCCN5CCC6)nc4c3=O)c12. The molecule has 1 atom stereocenters. The van der Waals surface area contributed by atoms with Gasteiger partial charge in [0.1, 0.15) is 23.7 Å². The van der Waals surface area contributed by atoms with Gasteiger partial charge in [0, 0.05) is 37.1 Å². The van der Waals surface area contributed by atoms with E-state index in [1.54, 1.807) is 6.20 Å². The second-order valence-electron chi connectivity index (χ2n) is 12.3. The zero-order chi connectivity index (χ0) is 30.0. The van der Waals surface area contributed by atoms with Gasteiger partial charge in [-0.15, -0.1) is 6.42 Å². The van der Waals surface area contributed by atoms with Gasteiger partial charge in [-0.3, -0.25) is 9.69 Å². The largest absolute Gasteiger partial charge is 0.508 e. The standard InChI is InChI=1S/C33H32FN7O3/c1-2-23-26(34)6-5-19-11-22(42)13-27(28(19)23)41-31(43)30-25(17-37-41)29(24-12-21-16-35-14-20(24)15-36-21)38-32(39-30)44-18-33-7-3-9-40(33)10-4-8-33/h1,5-6,11,13,17,21,35-36,42H,3-4,7-10,12,14-16,18H2. The highest BCUT2D eigenvalue weighted by Gasteiger charge is 2.45. The highest BCUT2D eigenvalue weighted by atomic mass is 19.1. The van der Waals surface area contributed by atoms with Gasteiger partial charge in [0.2, 0.25) is 0 Å². The number of phenolic OH excluding ortho intramolecular Hbond substituents is 1. The Morgan fingerprint density at radius 2 is 2.02 bits per heavy atom. The van der Waals surface area contributed by atoms with Gasteiger partial charge in [-0.2, -0.15) is 19.7 Å². The second-order valence-corrected chi connectivity index (χ2v) is 12.3. The number of phenols is 1. The van der Waals surface area contributed by atoms with Gasteiger partial charge in [0.15, 0.2) is 0 Å². The smallest absolute Gasteiger partial charge is 0.317 e. The summed E-state index contributed by atoms with van der Waals surface area (Å²) in [6.45, 7) is 4.88. The molecule has 7 heterocycles. The molecule has 3 N–H and O–H groups in total. The predicted octanol–water partition coefficient (Wildman–Crippen LogP) is 2.88. The summed E-state index contributed by atoms with van der Waals surface area (Å²) in [5.41, 5.74) is 2.61. The lowest BCUT2D eigenvalue weighted by atomic mass is 9.93. The van der Waals surface area contributed by atoms with Crippen molar-refractivity contribution in [1.29, 1.82) is 0 Å². The van der Waals surface area contributed by atoms with Crippen molar-refractivity contribution in [3.63, 3.8) is 0 Å².